The Labute approximate surface area is 185 Å². The largest absolute Gasteiger partial charge is 0.388 e. The highest BCUT2D eigenvalue weighted by atomic mass is 16.5. The summed E-state index contributed by atoms with van der Waals surface area (Å²) in [7, 11) is 0. The Kier molecular flexibility index (Phi) is 4.45. The number of nitrogens with zero attached hydrogens (tertiary/aromatic N) is 3. The molecular weight excluding hydrogens is 394 g/mol. The molecule has 4 nitrogen and oxygen atoms in total. The van der Waals surface area contributed by atoms with Gasteiger partial charge in [0, 0.05) is 5.56 Å². The first kappa shape index (κ1) is 19.1. The lowest BCUT2D eigenvalue weighted by Crippen LogP contribution is -2.29. The molecular formula is C28H15N3O. The second-order valence-electron chi connectivity index (χ2n) is 7.55. The van der Waals surface area contributed by atoms with Crippen LogP contribution in [0.5, 0.6) is 5.75 Å². The van der Waals surface area contributed by atoms with Gasteiger partial charge in [-0.1, -0.05) is 60.7 Å². The predicted molar refractivity (Wildman–Crippen MR) is 119 cm³/mol. The molecule has 0 heterocycles. The fourth-order valence-corrected chi connectivity index (χ4v) is 4.81. The van der Waals surface area contributed by atoms with Crippen LogP contribution in [-0.4, -0.2) is 0 Å². The number of benzene rings is 4. The molecule has 0 N–H and O–H groups in total. The Hall–Kier alpha value is -4.85. The van der Waals surface area contributed by atoms with Crippen LogP contribution in [0, 0.1) is 34.2 Å². The molecule has 0 saturated carbocycles. The zero-order valence-corrected chi connectivity index (χ0v) is 16.9. The molecule has 1 aliphatic rings. The second-order valence-corrected chi connectivity index (χ2v) is 7.55. The van der Waals surface area contributed by atoms with Crippen molar-refractivity contribution in [1.29, 1.82) is 15.8 Å². The van der Waals surface area contributed by atoms with Crippen LogP contribution in [0.1, 0.15) is 33.4 Å². The van der Waals surface area contributed by atoms with E-state index < -0.39 is 5.41 Å². The van der Waals surface area contributed by atoms with Crippen LogP contribution in [0.25, 0.3) is 11.1 Å². The Morgan fingerprint density at radius 1 is 0.594 bits per heavy atom. The van der Waals surface area contributed by atoms with Crippen molar-refractivity contribution in [1.82, 2.24) is 0 Å². The van der Waals surface area contributed by atoms with E-state index in [-0.39, 0.29) is 0 Å². The summed E-state index contributed by atoms with van der Waals surface area (Å²) in [6.45, 7) is 0. The van der Waals surface area contributed by atoms with E-state index in [9.17, 15) is 15.8 Å². The van der Waals surface area contributed by atoms with Crippen LogP contribution < -0.4 is 4.74 Å². The van der Waals surface area contributed by atoms with Crippen molar-refractivity contribution in [3.63, 3.8) is 0 Å². The minimum Gasteiger partial charge on any atom is -0.388 e. The quantitative estimate of drug-likeness (QED) is 0.361. The molecule has 0 aromatic heterocycles. The molecule has 0 fully saturated rings. The van der Waals surface area contributed by atoms with E-state index >= 15 is 0 Å². The zero-order valence-electron chi connectivity index (χ0n) is 16.9. The number of hydrogen-bond donors (Lipinski definition) is 0. The lowest BCUT2D eigenvalue weighted by atomic mass is 9.67. The number of fused-ring (bicyclic) bond motifs is 3. The van der Waals surface area contributed by atoms with Gasteiger partial charge in [0.15, 0.2) is 0 Å². The van der Waals surface area contributed by atoms with Gasteiger partial charge in [-0.3, -0.25) is 0 Å². The van der Waals surface area contributed by atoms with Crippen LogP contribution in [0.2, 0.25) is 0 Å². The predicted octanol–water partition coefficient (Wildman–Crippen LogP) is 5.65. The summed E-state index contributed by atoms with van der Waals surface area (Å²) in [4.78, 5) is 0. The molecule has 0 spiro atoms. The maximum absolute atomic E-state index is 9.37. The molecule has 0 bridgehead atoms. The van der Waals surface area contributed by atoms with Gasteiger partial charge >= 0.3 is 0 Å². The minimum atomic E-state index is -0.776. The van der Waals surface area contributed by atoms with E-state index in [0.29, 0.717) is 16.9 Å². The summed E-state index contributed by atoms with van der Waals surface area (Å²) in [6, 6.07) is 33.2. The van der Waals surface area contributed by atoms with Gasteiger partial charge in [0.05, 0.1) is 28.7 Å². The number of nitriles is 3. The fraction of sp³-hybridized carbons (Fsp3) is 0.0357. The van der Waals surface area contributed by atoms with Crippen LogP contribution in [0.15, 0.2) is 91.0 Å². The molecule has 0 saturated heterocycles. The highest BCUT2D eigenvalue weighted by molar-refractivity contribution is 5.88. The van der Waals surface area contributed by atoms with Gasteiger partial charge < -0.3 is 4.74 Å². The van der Waals surface area contributed by atoms with E-state index in [2.05, 4.69) is 24.3 Å². The number of rotatable bonds is 3. The van der Waals surface area contributed by atoms with Gasteiger partial charge in [-0.05, 0) is 58.1 Å². The third-order valence-electron chi connectivity index (χ3n) is 6.07. The first-order valence-electron chi connectivity index (χ1n) is 10.0. The third kappa shape index (κ3) is 2.60. The van der Waals surface area contributed by atoms with Crippen molar-refractivity contribution in [2.24, 2.45) is 0 Å². The van der Waals surface area contributed by atoms with Gasteiger partial charge in [0.2, 0.25) is 0 Å². The van der Waals surface area contributed by atoms with Gasteiger partial charge in [-0.25, -0.2) is 0 Å². The van der Waals surface area contributed by atoms with Gasteiger partial charge in [0.25, 0.3) is 6.26 Å². The molecule has 32 heavy (non-hydrogen) atoms. The van der Waals surface area contributed by atoms with Crippen molar-refractivity contribution >= 4 is 0 Å². The van der Waals surface area contributed by atoms with Gasteiger partial charge in [-0.2, -0.15) is 10.5 Å². The van der Waals surface area contributed by atoms with Gasteiger partial charge in [0.1, 0.15) is 5.75 Å². The van der Waals surface area contributed by atoms with E-state index in [1.165, 1.54) is 0 Å². The lowest BCUT2D eigenvalue weighted by molar-refractivity contribution is 0.494. The van der Waals surface area contributed by atoms with Crippen molar-refractivity contribution in [2.45, 2.75) is 5.41 Å². The fourth-order valence-electron chi connectivity index (χ4n) is 4.81. The van der Waals surface area contributed by atoms with E-state index in [1.807, 2.05) is 54.8 Å². The minimum absolute atomic E-state index is 0.481. The highest BCUT2D eigenvalue weighted by Gasteiger charge is 2.48. The highest BCUT2D eigenvalue weighted by Crippen LogP contribution is 2.58. The molecule has 0 amide bonds. The Morgan fingerprint density at radius 2 is 1.16 bits per heavy atom. The molecule has 4 heteroatoms. The summed E-state index contributed by atoms with van der Waals surface area (Å²) in [6.07, 6.45) is 1.83. The second kappa shape index (κ2) is 7.44. The standard InChI is InChI=1S/C28H15N3O/c29-16-19-8-12-21(13-9-19)28(22-14-10-20(17-30)11-15-22)25-6-2-1-4-23(25)24-5-3-7-26(27(24)28)32-18-31/h1-15H. The maximum atomic E-state index is 9.37. The summed E-state index contributed by atoms with van der Waals surface area (Å²) >= 11 is 0. The average Bonchev–Trinajstić information content (AvgIpc) is 3.17. The molecule has 4 aromatic carbocycles. The zero-order chi connectivity index (χ0) is 22.1. The van der Waals surface area contributed by atoms with Crippen molar-refractivity contribution in [3.05, 3.63) is 124 Å². The topological polar surface area (TPSA) is 80.6 Å². The molecule has 148 valence electrons. The maximum Gasteiger partial charge on any atom is 0.292 e. The smallest absolute Gasteiger partial charge is 0.292 e. The molecule has 0 atom stereocenters. The lowest BCUT2D eigenvalue weighted by Gasteiger charge is -2.34. The average molecular weight is 409 g/mol. The molecule has 0 unspecified atom stereocenters. The third-order valence-corrected chi connectivity index (χ3v) is 6.07. The molecule has 1 aliphatic carbocycles. The summed E-state index contributed by atoms with van der Waals surface area (Å²) in [5.41, 5.74) is 6.22. The van der Waals surface area contributed by atoms with Gasteiger partial charge in [-0.15, -0.1) is 5.26 Å². The van der Waals surface area contributed by atoms with E-state index in [0.717, 1.165) is 33.4 Å². The monoisotopic (exact) mass is 409 g/mol. The molecule has 5 rings (SSSR count). The van der Waals surface area contributed by atoms with Crippen molar-refractivity contribution in [2.75, 3.05) is 0 Å². The van der Waals surface area contributed by atoms with Crippen LogP contribution in [0.3, 0.4) is 0 Å². The summed E-state index contributed by atoms with van der Waals surface area (Å²) < 4.78 is 5.47. The first-order valence-corrected chi connectivity index (χ1v) is 10.0. The first-order chi connectivity index (χ1) is 15.7. The van der Waals surface area contributed by atoms with Crippen LogP contribution in [-0.2, 0) is 5.41 Å². The summed E-state index contributed by atoms with van der Waals surface area (Å²) in [5.74, 6) is 0.481. The van der Waals surface area contributed by atoms with Crippen molar-refractivity contribution < 1.29 is 4.74 Å². The molecule has 0 aliphatic heterocycles. The van der Waals surface area contributed by atoms with Crippen LogP contribution >= 0.6 is 0 Å². The van der Waals surface area contributed by atoms with E-state index in [4.69, 9.17) is 4.74 Å². The number of hydrogen-bond acceptors (Lipinski definition) is 4. The SMILES string of the molecule is N#COc1cccc2c1C(c1ccc(C#N)cc1)(c1ccc(C#N)cc1)c1ccccc1-2. The van der Waals surface area contributed by atoms with Crippen molar-refractivity contribution in [3.8, 4) is 35.3 Å². The Bertz CT molecular complexity index is 1410. The molecule has 0 radical (unpaired) electrons. The normalized spacial score (nSPS) is 12.5. The number of ether oxygens (including phenoxy) is 1. The van der Waals surface area contributed by atoms with E-state index in [1.54, 1.807) is 30.3 Å². The molecule has 4 aromatic rings. The summed E-state index contributed by atoms with van der Waals surface area (Å²) in [5, 5.41) is 28.0. The Balaban J connectivity index is 1.95. The van der Waals surface area contributed by atoms with Crippen LogP contribution in [0.4, 0.5) is 0 Å². The Morgan fingerprint density at radius 3 is 1.72 bits per heavy atom.